The first-order chi connectivity index (χ1) is 15.0. The zero-order valence-electron chi connectivity index (χ0n) is 18.4. The summed E-state index contributed by atoms with van der Waals surface area (Å²) < 4.78 is 23.3. The van der Waals surface area contributed by atoms with Gasteiger partial charge in [0.05, 0.1) is 40.6 Å². The minimum atomic E-state index is -0.157. The van der Waals surface area contributed by atoms with Gasteiger partial charge in [0.2, 0.25) is 5.75 Å². The Labute approximate surface area is 181 Å². The quantitative estimate of drug-likeness (QED) is 0.413. The van der Waals surface area contributed by atoms with Gasteiger partial charge in [0.1, 0.15) is 5.75 Å². The van der Waals surface area contributed by atoms with Crippen LogP contribution in [0.5, 0.6) is 23.0 Å². The molecule has 3 aromatic rings. The monoisotopic (exact) mass is 425 g/mol. The summed E-state index contributed by atoms with van der Waals surface area (Å²) in [5.74, 6) is 1.85. The summed E-state index contributed by atoms with van der Waals surface area (Å²) in [6.45, 7) is 2.22. The van der Waals surface area contributed by atoms with Gasteiger partial charge in [-0.1, -0.05) is 0 Å². The molecule has 0 spiro atoms. The van der Waals surface area contributed by atoms with Gasteiger partial charge < -0.3 is 28.6 Å². The van der Waals surface area contributed by atoms with Gasteiger partial charge in [-0.25, -0.2) is 0 Å². The van der Waals surface area contributed by atoms with E-state index in [1.165, 1.54) is 21.3 Å². The summed E-state index contributed by atoms with van der Waals surface area (Å²) in [4.78, 5) is 13.2. The molecular weight excluding hydrogens is 398 g/mol. The summed E-state index contributed by atoms with van der Waals surface area (Å²) in [7, 11) is 6.16. The number of aliphatic hydroxyl groups is 1. The zero-order valence-corrected chi connectivity index (χ0v) is 18.4. The normalized spacial score (nSPS) is 11.5. The van der Waals surface area contributed by atoms with E-state index in [2.05, 4.69) is 0 Å². The number of rotatable bonds is 9. The van der Waals surface area contributed by atoms with Crippen LogP contribution in [-0.4, -0.2) is 50.5 Å². The molecule has 1 heterocycles. The maximum atomic E-state index is 13.2. The van der Waals surface area contributed by atoms with Gasteiger partial charge in [-0.3, -0.25) is 4.79 Å². The molecule has 0 saturated heterocycles. The molecule has 0 aliphatic heterocycles. The number of ether oxygens (including phenoxy) is 4. The van der Waals surface area contributed by atoms with Crippen LogP contribution in [0.2, 0.25) is 0 Å². The van der Waals surface area contributed by atoms with E-state index in [1.807, 2.05) is 35.0 Å². The number of hydrogen-bond acceptors (Lipinski definition) is 6. The van der Waals surface area contributed by atoms with Crippen molar-refractivity contribution in [2.75, 3.05) is 35.0 Å². The number of hydrogen-bond donors (Lipinski definition) is 1. The average molecular weight is 425 g/mol. The maximum absolute atomic E-state index is 13.2. The predicted octanol–water partition coefficient (Wildman–Crippen LogP) is 3.95. The lowest BCUT2D eigenvalue weighted by Gasteiger charge is -2.13. The molecule has 0 saturated carbocycles. The molecule has 0 radical (unpaired) electrons. The Kier molecular flexibility index (Phi) is 6.87. The van der Waals surface area contributed by atoms with Gasteiger partial charge in [0.15, 0.2) is 17.3 Å². The molecule has 1 N–H and O–H groups in total. The fourth-order valence-electron chi connectivity index (χ4n) is 3.57. The molecule has 164 valence electrons. The number of nitrogens with zero attached hydrogens (tertiary/aromatic N) is 1. The minimum Gasteiger partial charge on any atom is -0.497 e. The molecule has 7 nitrogen and oxygen atoms in total. The Hall–Kier alpha value is -3.45. The molecule has 2 aromatic carbocycles. The van der Waals surface area contributed by atoms with E-state index >= 15 is 0 Å². The number of aliphatic hydroxyl groups excluding tert-OH is 1. The zero-order chi connectivity index (χ0) is 22.5. The van der Waals surface area contributed by atoms with Crippen LogP contribution in [0.15, 0.2) is 42.1 Å². The summed E-state index contributed by atoms with van der Waals surface area (Å²) in [5, 5.41) is 10.4. The van der Waals surface area contributed by atoms with Crippen molar-refractivity contribution in [2.24, 2.45) is 0 Å². The number of carbonyl (C=O) groups excluding carboxylic acids is 1. The summed E-state index contributed by atoms with van der Waals surface area (Å²) in [5.41, 5.74) is 2.79. The second kappa shape index (κ2) is 9.57. The first-order valence-corrected chi connectivity index (χ1v) is 9.78. The van der Waals surface area contributed by atoms with Gasteiger partial charge in [0.25, 0.3) is 0 Å². The van der Waals surface area contributed by atoms with E-state index in [0.29, 0.717) is 34.9 Å². The fourth-order valence-corrected chi connectivity index (χ4v) is 3.57. The highest BCUT2D eigenvalue weighted by Gasteiger charge is 2.18. The molecule has 3 rings (SSSR count). The van der Waals surface area contributed by atoms with Gasteiger partial charge in [0, 0.05) is 35.3 Å². The Morgan fingerprint density at radius 3 is 2.23 bits per heavy atom. The van der Waals surface area contributed by atoms with Crippen LogP contribution in [0.25, 0.3) is 17.0 Å². The van der Waals surface area contributed by atoms with Gasteiger partial charge in [-0.2, -0.15) is 0 Å². The number of aromatic nitrogens is 1. The third-order valence-electron chi connectivity index (χ3n) is 5.12. The van der Waals surface area contributed by atoms with E-state index in [0.717, 1.165) is 22.2 Å². The van der Waals surface area contributed by atoms with Crippen LogP contribution < -0.4 is 18.9 Å². The highest BCUT2D eigenvalue weighted by Crippen LogP contribution is 2.39. The van der Waals surface area contributed by atoms with E-state index < -0.39 is 0 Å². The number of Topliss-reactive ketones (excluding diaryl/α,β-unsaturated/α-hetero) is 1. The summed E-state index contributed by atoms with van der Waals surface area (Å²) >= 11 is 0. The summed E-state index contributed by atoms with van der Waals surface area (Å²) in [6, 6.07) is 9.02. The highest BCUT2D eigenvalue weighted by atomic mass is 16.5. The molecule has 0 amide bonds. The summed E-state index contributed by atoms with van der Waals surface area (Å²) in [6.07, 6.45) is 3.76. The van der Waals surface area contributed by atoms with Crippen LogP contribution in [0, 0.1) is 0 Å². The van der Waals surface area contributed by atoms with Gasteiger partial charge >= 0.3 is 0 Å². The second-order valence-corrected chi connectivity index (χ2v) is 6.96. The molecule has 7 heteroatoms. The standard InChI is InChI=1S/C24H27NO6/c1-15(23(27)16-11-21(29-3)24(31-5)22(12-16)30-4)10-17-14-25(8-9-26)20-13-18(28-2)6-7-19(17)20/h6-7,10-14,26H,8-9H2,1-5H3/b15-10+. The molecule has 1 aromatic heterocycles. The molecule has 0 bridgehead atoms. The van der Waals surface area contributed by atoms with Crippen molar-refractivity contribution in [3.8, 4) is 23.0 Å². The van der Waals surface area contributed by atoms with Crippen molar-refractivity contribution in [3.63, 3.8) is 0 Å². The van der Waals surface area contributed by atoms with Crippen LogP contribution in [0.3, 0.4) is 0 Å². The SMILES string of the molecule is COc1ccc2c(/C=C(\C)C(=O)c3cc(OC)c(OC)c(OC)c3)cn(CCO)c2c1. The lowest BCUT2D eigenvalue weighted by atomic mass is 10.0. The Bertz CT molecular complexity index is 1100. The molecule has 0 unspecified atom stereocenters. The van der Waals surface area contributed by atoms with Crippen molar-refractivity contribution in [3.05, 3.63) is 53.2 Å². The average Bonchev–Trinajstić information content (AvgIpc) is 3.13. The Morgan fingerprint density at radius 1 is 1.00 bits per heavy atom. The van der Waals surface area contributed by atoms with Crippen LogP contribution in [0.1, 0.15) is 22.8 Å². The van der Waals surface area contributed by atoms with E-state index in [4.69, 9.17) is 18.9 Å². The Morgan fingerprint density at radius 2 is 1.68 bits per heavy atom. The predicted molar refractivity (Wildman–Crippen MR) is 120 cm³/mol. The molecule has 0 aliphatic rings. The number of allylic oxidation sites excluding steroid dienone is 1. The smallest absolute Gasteiger partial charge is 0.203 e. The number of benzene rings is 2. The first-order valence-electron chi connectivity index (χ1n) is 9.78. The molecule has 0 aliphatic carbocycles. The maximum Gasteiger partial charge on any atom is 0.203 e. The second-order valence-electron chi connectivity index (χ2n) is 6.96. The topological polar surface area (TPSA) is 79.2 Å². The van der Waals surface area contributed by atoms with Crippen molar-refractivity contribution in [2.45, 2.75) is 13.5 Å². The number of fused-ring (bicyclic) bond motifs is 1. The van der Waals surface area contributed by atoms with Crippen LogP contribution in [-0.2, 0) is 6.54 Å². The number of ketones is 1. The van der Waals surface area contributed by atoms with E-state index in [1.54, 1.807) is 26.2 Å². The highest BCUT2D eigenvalue weighted by molar-refractivity contribution is 6.12. The molecule has 31 heavy (non-hydrogen) atoms. The largest absolute Gasteiger partial charge is 0.497 e. The minimum absolute atomic E-state index is 0.00743. The van der Waals surface area contributed by atoms with Crippen LogP contribution in [0.4, 0.5) is 0 Å². The van der Waals surface area contributed by atoms with Crippen LogP contribution >= 0.6 is 0 Å². The van der Waals surface area contributed by atoms with E-state index in [9.17, 15) is 9.90 Å². The number of carbonyl (C=O) groups is 1. The third kappa shape index (κ3) is 4.36. The fraction of sp³-hybridized carbons (Fsp3) is 0.292. The Balaban J connectivity index is 2.05. The lowest BCUT2D eigenvalue weighted by Crippen LogP contribution is -2.04. The number of methoxy groups -OCH3 is 4. The van der Waals surface area contributed by atoms with Crippen molar-refractivity contribution in [1.29, 1.82) is 0 Å². The molecule has 0 atom stereocenters. The van der Waals surface area contributed by atoms with Crippen molar-refractivity contribution in [1.82, 2.24) is 4.57 Å². The lowest BCUT2D eigenvalue weighted by molar-refractivity contribution is 0.103. The molecular formula is C24H27NO6. The molecule has 0 fully saturated rings. The van der Waals surface area contributed by atoms with E-state index in [-0.39, 0.29) is 12.4 Å². The first kappa shape index (κ1) is 22.2. The van der Waals surface area contributed by atoms with Crippen molar-refractivity contribution >= 4 is 22.8 Å². The van der Waals surface area contributed by atoms with Crippen molar-refractivity contribution < 1.29 is 28.8 Å². The third-order valence-corrected chi connectivity index (χ3v) is 5.12. The van der Waals surface area contributed by atoms with Gasteiger partial charge in [-0.05, 0) is 42.8 Å². The van der Waals surface area contributed by atoms with Gasteiger partial charge in [-0.15, -0.1) is 0 Å².